The lowest BCUT2D eigenvalue weighted by Gasteiger charge is -2.09. The van der Waals surface area contributed by atoms with Gasteiger partial charge in [-0.05, 0) is 6.07 Å². The van der Waals surface area contributed by atoms with Gasteiger partial charge in [0.1, 0.15) is 0 Å². The third-order valence-corrected chi connectivity index (χ3v) is 2.44. The minimum atomic E-state index is -2.45. The highest BCUT2D eigenvalue weighted by molar-refractivity contribution is 5.66. The van der Waals surface area contributed by atoms with Crippen LogP contribution in [-0.2, 0) is 0 Å². The topological polar surface area (TPSA) is 0 Å². The molecule has 2 aromatic carbocycles. The van der Waals surface area contributed by atoms with E-state index in [0.29, 0.717) is 0 Å². The Hall–Kier alpha value is -2.12. The molecule has 0 spiro atoms. The molecule has 0 unspecified atom stereocenters. The smallest absolute Gasteiger partial charge is 0.200 e. The lowest BCUT2D eigenvalue weighted by Crippen LogP contribution is -2.06. The molecule has 0 bridgehead atoms. The van der Waals surface area contributed by atoms with Gasteiger partial charge >= 0.3 is 0 Å². The highest BCUT2D eigenvalue weighted by Gasteiger charge is 2.29. The van der Waals surface area contributed by atoms with Crippen LogP contribution in [0.4, 0.5) is 35.1 Å². The molecule has 0 aromatic heterocycles. The summed E-state index contributed by atoms with van der Waals surface area (Å²) in [5, 5.41) is 0. The van der Waals surface area contributed by atoms with Crippen molar-refractivity contribution in [1.82, 2.24) is 0 Å². The van der Waals surface area contributed by atoms with Gasteiger partial charge in [-0.25, -0.2) is 35.1 Å². The molecule has 0 aliphatic heterocycles. The van der Waals surface area contributed by atoms with Crippen LogP contribution in [0.2, 0.25) is 0 Å². The van der Waals surface area contributed by atoms with E-state index in [1.54, 1.807) is 0 Å². The molecule has 0 amide bonds. The van der Waals surface area contributed by atoms with Crippen molar-refractivity contribution >= 4 is 0 Å². The summed E-state index contributed by atoms with van der Waals surface area (Å²) in [6, 6.07) is 1.70. The zero-order valence-corrected chi connectivity index (χ0v) is 9.10. The Morgan fingerprint density at radius 1 is 0.550 bits per heavy atom. The summed E-state index contributed by atoms with van der Waals surface area (Å²) in [6.45, 7) is 0. The Morgan fingerprint density at radius 3 is 1.50 bits per heavy atom. The van der Waals surface area contributed by atoms with Gasteiger partial charge in [0.2, 0.25) is 5.82 Å². The molecule has 0 nitrogen and oxygen atoms in total. The molecule has 105 valence electrons. The molecule has 1 radical (unpaired) electrons. The quantitative estimate of drug-likeness (QED) is 0.419. The lowest BCUT2D eigenvalue weighted by atomic mass is 10.0. The zero-order chi connectivity index (χ0) is 15.2. The van der Waals surface area contributed by atoms with Crippen molar-refractivity contribution in [2.45, 2.75) is 0 Å². The zero-order valence-electron chi connectivity index (χ0n) is 9.10. The molecule has 0 N–H and O–H groups in total. The van der Waals surface area contributed by atoms with E-state index < -0.39 is 57.7 Å². The molecule has 2 aromatic rings. The minimum Gasteiger partial charge on any atom is -0.203 e. The van der Waals surface area contributed by atoms with Crippen LogP contribution in [0.1, 0.15) is 0 Å². The standard InChI is InChI=1S/C12HF8/c13-4-2-1-3(6(14)7(4)15)5-8(16)10(18)12(20)11(19)9(5)17/h1H. The SMILES string of the molecule is Fc1[c]cc(-c2c(F)c(F)c(F)c(F)c2F)c(F)c1F. The molecule has 0 atom stereocenters. The fourth-order valence-corrected chi connectivity index (χ4v) is 1.50. The molecule has 2 rings (SSSR count). The summed E-state index contributed by atoms with van der Waals surface area (Å²) in [7, 11) is 0. The van der Waals surface area contributed by atoms with Crippen LogP contribution in [-0.4, -0.2) is 0 Å². The van der Waals surface area contributed by atoms with Crippen molar-refractivity contribution < 1.29 is 35.1 Å². The molecular formula is C12HF8. The summed E-state index contributed by atoms with van der Waals surface area (Å²) in [5.74, 6) is -17.9. The van der Waals surface area contributed by atoms with E-state index in [1.165, 1.54) is 6.07 Å². The molecule has 0 fully saturated rings. The van der Waals surface area contributed by atoms with Crippen molar-refractivity contribution in [3.63, 3.8) is 0 Å². The predicted octanol–water partition coefficient (Wildman–Crippen LogP) is 4.27. The van der Waals surface area contributed by atoms with Crippen molar-refractivity contribution in [2.75, 3.05) is 0 Å². The summed E-state index contributed by atoms with van der Waals surface area (Å²) >= 11 is 0. The van der Waals surface area contributed by atoms with Crippen molar-refractivity contribution in [3.8, 4) is 11.1 Å². The second-order valence-corrected chi connectivity index (χ2v) is 3.59. The first-order valence-corrected chi connectivity index (χ1v) is 4.84. The summed E-state index contributed by atoms with van der Waals surface area (Å²) in [6.07, 6.45) is 0. The van der Waals surface area contributed by atoms with Crippen molar-refractivity contribution in [1.29, 1.82) is 0 Å². The van der Waals surface area contributed by atoms with Crippen LogP contribution in [0.3, 0.4) is 0 Å². The van der Waals surface area contributed by atoms with Crippen LogP contribution >= 0.6 is 0 Å². The average molecular weight is 297 g/mol. The summed E-state index contributed by atoms with van der Waals surface area (Å²) in [4.78, 5) is 0. The molecule has 8 heteroatoms. The first kappa shape index (κ1) is 14.3. The van der Waals surface area contributed by atoms with Gasteiger partial charge in [0.05, 0.1) is 5.56 Å². The largest absolute Gasteiger partial charge is 0.203 e. The van der Waals surface area contributed by atoms with Crippen LogP contribution in [0.25, 0.3) is 11.1 Å². The fourth-order valence-electron chi connectivity index (χ4n) is 1.50. The third-order valence-electron chi connectivity index (χ3n) is 2.44. The van der Waals surface area contributed by atoms with Gasteiger partial charge in [-0.2, -0.15) is 0 Å². The molecule has 0 saturated carbocycles. The third kappa shape index (κ3) is 1.91. The second-order valence-electron chi connectivity index (χ2n) is 3.59. The summed E-state index contributed by atoms with van der Waals surface area (Å²) in [5.41, 5.74) is -3.04. The average Bonchev–Trinajstić information content (AvgIpc) is 2.43. The van der Waals surface area contributed by atoms with Gasteiger partial charge in [0.25, 0.3) is 0 Å². The van der Waals surface area contributed by atoms with Gasteiger partial charge < -0.3 is 0 Å². The first-order chi connectivity index (χ1) is 9.27. The van der Waals surface area contributed by atoms with E-state index >= 15 is 0 Å². The Balaban J connectivity index is 2.87. The second kappa shape index (κ2) is 4.77. The van der Waals surface area contributed by atoms with Gasteiger partial charge in [0.15, 0.2) is 40.7 Å². The number of benzene rings is 2. The van der Waals surface area contributed by atoms with E-state index in [-0.39, 0.29) is 6.07 Å². The Morgan fingerprint density at radius 2 is 1.00 bits per heavy atom. The highest BCUT2D eigenvalue weighted by atomic mass is 19.2. The maximum Gasteiger partial charge on any atom is 0.200 e. The van der Waals surface area contributed by atoms with Crippen LogP contribution < -0.4 is 0 Å². The van der Waals surface area contributed by atoms with Gasteiger partial charge in [-0.3, -0.25) is 0 Å². The Labute approximate surface area is 106 Å². The molecule has 0 heterocycles. The maximum atomic E-state index is 13.4. The Kier molecular flexibility index (Phi) is 3.41. The lowest BCUT2D eigenvalue weighted by molar-refractivity contribution is 0.380. The number of halogens is 8. The van der Waals surface area contributed by atoms with E-state index in [0.717, 1.165) is 0 Å². The highest BCUT2D eigenvalue weighted by Crippen LogP contribution is 2.33. The maximum absolute atomic E-state index is 13.4. The van der Waals surface area contributed by atoms with Gasteiger partial charge in [-0.1, -0.05) is 0 Å². The van der Waals surface area contributed by atoms with E-state index in [9.17, 15) is 35.1 Å². The fraction of sp³-hybridized carbons (Fsp3) is 0. The molecule has 0 aliphatic rings. The molecular weight excluding hydrogens is 296 g/mol. The molecule has 0 aliphatic carbocycles. The number of hydrogen-bond acceptors (Lipinski definition) is 0. The van der Waals surface area contributed by atoms with Crippen molar-refractivity contribution in [2.24, 2.45) is 0 Å². The van der Waals surface area contributed by atoms with Gasteiger partial charge in [-0.15, -0.1) is 0 Å². The summed E-state index contributed by atoms with van der Waals surface area (Å²) < 4.78 is 104. The number of hydrogen-bond donors (Lipinski definition) is 0. The van der Waals surface area contributed by atoms with Crippen LogP contribution in [0.15, 0.2) is 6.07 Å². The number of rotatable bonds is 1. The predicted molar refractivity (Wildman–Crippen MR) is 50.4 cm³/mol. The van der Waals surface area contributed by atoms with Crippen LogP contribution in [0.5, 0.6) is 0 Å². The monoisotopic (exact) mass is 297 g/mol. The van der Waals surface area contributed by atoms with E-state index in [1.807, 2.05) is 0 Å². The molecule has 0 saturated heterocycles. The minimum absolute atomic E-state index is 0.242. The first-order valence-electron chi connectivity index (χ1n) is 4.84. The van der Waals surface area contributed by atoms with E-state index in [2.05, 4.69) is 0 Å². The van der Waals surface area contributed by atoms with Gasteiger partial charge in [0, 0.05) is 11.6 Å². The van der Waals surface area contributed by atoms with E-state index in [4.69, 9.17) is 0 Å². The van der Waals surface area contributed by atoms with Crippen molar-refractivity contribution in [3.05, 3.63) is 58.7 Å². The molecule has 20 heavy (non-hydrogen) atoms. The normalized spacial score (nSPS) is 11.0. The van der Waals surface area contributed by atoms with Crippen LogP contribution in [0, 0.1) is 52.6 Å². The Bertz CT molecular complexity index is 678.